The molecule has 0 aliphatic heterocycles. The van der Waals surface area contributed by atoms with Crippen LogP contribution in [0.4, 0.5) is 13.2 Å². The highest BCUT2D eigenvalue weighted by Crippen LogP contribution is 2.29. The SMILES string of the molecule is O=C(NC1(C(=O)O)CCCCC1)c1cnc(C(F)(F)F)nc1. The molecule has 1 saturated carbocycles. The fourth-order valence-electron chi connectivity index (χ4n) is 2.43. The second kappa shape index (κ2) is 5.90. The molecule has 6 nitrogen and oxygen atoms in total. The second-order valence-electron chi connectivity index (χ2n) is 5.20. The summed E-state index contributed by atoms with van der Waals surface area (Å²) in [5.74, 6) is -3.29. The van der Waals surface area contributed by atoms with Crippen LogP contribution in [0.1, 0.15) is 48.3 Å². The first-order chi connectivity index (χ1) is 10.2. The third kappa shape index (κ3) is 3.34. The normalized spacial score (nSPS) is 17.8. The number of hydrogen-bond donors (Lipinski definition) is 2. The van der Waals surface area contributed by atoms with Gasteiger partial charge in [0.25, 0.3) is 5.91 Å². The molecule has 2 rings (SSSR count). The van der Waals surface area contributed by atoms with E-state index in [1.165, 1.54) is 0 Å². The third-order valence-electron chi connectivity index (χ3n) is 3.64. The Morgan fingerprint density at radius 2 is 1.68 bits per heavy atom. The lowest BCUT2D eigenvalue weighted by molar-refractivity contribution is -0.146. The third-order valence-corrected chi connectivity index (χ3v) is 3.64. The van der Waals surface area contributed by atoms with Gasteiger partial charge in [-0.15, -0.1) is 0 Å². The Hall–Kier alpha value is -2.19. The monoisotopic (exact) mass is 317 g/mol. The first kappa shape index (κ1) is 16.2. The highest BCUT2D eigenvalue weighted by atomic mass is 19.4. The number of hydrogen-bond acceptors (Lipinski definition) is 4. The highest BCUT2D eigenvalue weighted by Gasteiger charge is 2.41. The van der Waals surface area contributed by atoms with Crippen molar-refractivity contribution in [3.63, 3.8) is 0 Å². The Bertz CT molecular complexity index is 566. The number of halogens is 3. The summed E-state index contributed by atoms with van der Waals surface area (Å²) in [6.07, 6.45) is -0.431. The van der Waals surface area contributed by atoms with E-state index in [1.54, 1.807) is 0 Å². The molecule has 1 aliphatic rings. The fraction of sp³-hybridized carbons (Fsp3) is 0.538. The van der Waals surface area contributed by atoms with Crippen molar-refractivity contribution < 1.29 is 27.9 Å². The topological polar surface area (TPSA) is 92.2 Å². The van der Waals surface area contributed by atoms with Gasteiger partial charge < -0.3 is 10.4 Å². The van der Waals surface area contributed by atoms with E-state index >= 15 is 0 Å². The number of nitrogens with one attached hydrogen (secondary N) is 1. The number of alkyl halides is 3. The van der Waals surface area contributed by atoms with Gasteiger partial charge in [0.15, 0.2) is 0 Å². The van der Waals surface area contributed by atoms with Gasteiger partial charge in [-0.2, -0.15) is 13.2 Å². The zero-order valence-electron chi connectivity index (χ0n) is 11.5. The summed E-state index contributed by atoms with van der Waals surface area (Å²) in [6, 6.07) is 0. The molecule has 0 radical (unpaired) electrons. The summed E-state index contributed by atoms with van der Waals surface area (Å²) in [4.78, 5) is 29.7. The van der Waals surface area contributed by atoms with Crippen LogP contribution in [0.5, 0.6) is 0 Å². The number of carboxylic acid groups (broad SMARTS) is 1. The summed E-state index contributed by atoms with van der Waals surface area (Å²) >= 11 is 0. The van der Waals surface area contributed by atoms with Gasteiger partial charge in [-0.05, 0) is 12.8 Å². The number of carbonyl (C=O) groups excluding carboxylic acids is 1. The van der Waals surface area contributed by atoms with Crippen LogP contribution in [-0.2, 0) is 11.0 Å². The summed E-state index contributed by atoms with van der Waals surface area (Å²) < 4.78 is 37.1. The lowest BCUT2D eigenvalue weighted by atomic mass is 9.81. The highest BCUT2D eigenvalue weighted by molar-refractivity contribution is 5.97. The predicted octanol–water partition coefficient (Wildman–Crippen LogP) is 2.01. The van der Waals surface area contributed by atoms with Gasteiger partial charge >= 0.3 is 12.1 Å². The van der Waals surface area contributed by atoms with Crippen molar-refractivity contribution >= 4 is 11.9 Å². The van der Waals surface area contributed by atoms with Crippen LogP contribution in [0, 0.1) is 0 Å². The summed E-state index contributed by atoms with van der Waals surface area (Å²) in [6.45, 7) is 0. The van der Waals surface area contributed by atoms with Crippen molar-refractivity contribution in [2.24, 2.45) is 0 Å². The average Bonchev–Trinajstić information content (AvgIpc) is 2.47. The van der Waals surface area contributed by atoms with Crippen LogP contribution in [0.3, 0.4) is 0 Å². The number of amides is 1. The van der Waals surface area contributed by atoms with Crippen LogP contribution in [0.25, 0.3) is 0 Å². The minimum atomic E-state index is -4.69. The molecule has 0 atom stereocenters. The average molecular weight is 317 g/mol. The molecular formula is C13H14F3N3O3. The molecule has 120 valence electrons. The number of aliphatic carboxylic acids is 1. The quantitative estimate of drug-likeness (QED) is 0.889. The molecule has 0 bridgehead atoms. The number of rotatable bonds is 3. The van der Waals surface area contributed by atoms with Gasteiger partial charge in [0.05, 0.1) is 5.56 Å². The van der Waals surface area contributed by atoms with Crippen molar-refractivity contribution in [1.29, 1.82) is 0 Å². The van der Waals surface area contributed by atoms with Crippen molar-refractivity contribution in [3.8, 4) is 0 Å². The molecule has 9 heteroatoms. The molecule has 0 aromatic carbocycles. The maximum atomic E-state index is 12.4. The van der Waals surface area contributed by atoms with Gasteiger partial charge in [-0.25, -0.2) is 14.8 Å². The molecule has 1 heterocycles. The molecular weight excluding hydrogens is 303 g/mol. The van der Waals surface area contributed by atoms with Crippen LogP contribution in [0.2, 0.25) is 0 Å². The standard InChI is InChI=1S/C13H14F3N3O3/c14-13(15,16)10-17-6-8(7-18-10)9(20)19-12(11(21)22)4-2-1-3-5-12/h6-7H,1-5H2,(H,19,20)(H,21,22). The van der Waals surface area contributed by atoms with E-state index in [0.717, 1.165) is 18.8 Å². The first-order valence-corrected chi connectivity index (χ1v) is 6.70. The number of aromatic nitrogens is 2. The molecule has 1 fully saturated rings. The summed E-state index contributed by atoms with van der Waals surface area (Å²) in [5.41, 5.74) is -1.59. The maximum Gasteiger partial charge on any atom is 0.451 e. The van der Waals surface area contributed by atoms with Gasteiger partial charge in [-0.1, -0.05) is 19.3 Å². The number of nitrogens with zero attached hydrogens (tertiary/aromatic N) is 2. The molecule has 0 spiro atoms. The molecule has 0 unspecified atom stereocenters. The minimum Gasteiger partial charge on any atom is -0.480 e. The Labute approximate surface area is 123 Å². The predicted molar refractivity (Wildman–Crippen MR) is 68.0 cm³/mol. The molecule has 1 aromatic heterocycles. The van der Waals surface area contributed by atoms with Gasteiger partial charge in [-0.3, -0.25) is 4.79 Å². The van der Waals surface area contributed by atoms with E-state index in [-0.39, 0.29) is 18.4 Å². The second-order valence-corrected chi connectivity index (χ2v) is 5.20. The van der Waals surface area contributed by atoms with Crippen molar-refractivity contribution in [1.82, 2.24) is 15.3 Å². The van der Waals surface area contributed by atoms with Crippen LogP contribution in [-0.4, -0.2) is 32.5 Å². The van der Waals surface area contributed by atoms with Gasteiger partial charge in [0, 0.05) is 12.4 Å². The van der Waals surface area contributed by atoms with E-state index in [4.69, 9.17) is 0 Å². The van der Waals surface area contributed by atoms with E-state index in [9.17, 15) is 27.9 Å². The lowest BCUT2D eigenvalue weighted by Gasteiger charge is -2.33. The van der Waals surface area contributed by atoms with E-state index in [2.05, 4.69) is 15.3 Å². The minimum absolute atomic E-state index is 0.209. The van der Waals surface area contributed by atoms with E-state index in [0.29, 0.717) is 12.8 Å². The van der Waals surface area contributed by atoms with Crippen LogP contribution >= 0.6 is 0 Å². The van der Waals surface area contributed by atoms with Gasteiger partial charge in [0.1, 0.15) is 5.54 Å². The molecule has 1 amide bonds. The van der Waals surface area contributed by atoms with Gasteiger partial charge in [0.2, 0.25) is 5.82 Å². The number of carbonyl (C=O) groups is 2. The maximum absolute atomic E-state index is 12.4. The lowest BCUT2D eigenvalue weighted by Crippen LogP contribution is -2.55. The van der Waals surface area contributed by atoms with Crippen molar-refractivity contribution in [2.75, 3.05) is 0 Å². The van der Waals surface area contributed by atoms with Crippen molar-refractivity contribution in [2.45, 2.75) is 43.8 Å². The first-order valence-electron chi connectivity index (χ1n) is 6.70. The van der Waals surface area contributed by atoms with Crippen molar-refractivity contribution in [3.05, 3.63) is 23.8 Å². The Morgan fingerprint density at radius 1 is 1.14 bits per heavy atom. The summed E-state index contributed by atoms with van der Waals surface area (Å²) in [5, 5.41) is 11.7. The molecule has 2 N–H and O–H groups in total. The van der Waals surface area contributed by atoms with Crippen LogP contribution in [0.15, 0.2) is 12.4 Å². The molecule has 1 aliphatic carbocycles. The molecule has 22 heavy (non-hydrogen) atoms. The fourth-order valence-corrected chi connectivity index (χ4v) is 2.43. The smallest absolute Gasteiger partial charge is 0.451 e. The van der Waals surface area contributed by atoms with E-state index < -0.39 is 29.4 Å². The van der Waals surface area contributed by atoms with E-state index in [1.807, 2.05) is 0 Å². The molecule has 0 saturated heterocycles. The Kier molecular flexibility index (Phi) is 4.34. The largest absolute Gasteiger partial charge is 0.480 e. The molecule has 1 aromatic rings. The van der Waals surface area contributed by atoms with Crippen LogP contribution < -0.4 is 5.32 Å². The zero-order valence-corrected chi connectivity index (χ0v) is 11.5. The Balaban J connectivity index is 2.15. The summed E-state index contributed by atoms with van der Waals surface area (Å²) in [7, 11) is 0. The number of carboxylic acids is 1. The zero-order chi connectivity index (χ0) is 16.4. The Morgan fingerprint density at radius 3 is 2.14 bits per heavy atom.